The molecule has 1 unspecified atom stereocenters. The van der Waals surface area contributed by atoms with Gasteiger partial charge < -0.3 is 15.7 Å². The molecule has 10 heteroatoms. The normalized spacial score (nSPS) is 12.8. The van der Waals surface area contributed by atoms with Gasteiger partial charge in [-0.3, -0.25) is 9.21 Å². The van der Waals surface area contributed by atoms with Crippen LogP contribution in [-0.4, -0.2) is 50.4 Å². The third-order valence-corrected chi connectivity index (χ3v) is 4.44. The number of hydrogen-bond acceptors (Lipinski definition) is 3. The SMILES string of the molecule is CC(Cl)(CCl)C(=O)N(Cl)CCNC(=S)Nc1ccc(C(=O)O)cc1. The number of benzene rings is 1. The highest BCUT2D eigenvalue weighted by Gasteiger charge is 2.33. The summed E-state index contributed by atoms with van der Waals surface area (Å²) in [5.74, 6) is -1.56. The van der Waals surface area contributed by atoms with E-state index in [2.05, 4.69) is 10.6 Å². The van der Waals surface area contributed by atoms with Gasteiger partial charge in [0, 0.05) is 24.0 Å². The molecule has 3 N–H and O–H groups in total. The van der Waals surface area contributed by atoms with Gasteiger partial charge in [0.05, 0.1) is 18.0 Å². The first-order valence-corrected chi connectivity index (χ1v) is 8.44. The lowest BCUT2D eigenvalue weighted by atomic mass is 10.2. The number of thiocarbonyl (C=S) groups is 1. The molecule has 0 saturated heterocycles. The number of aromatic carboxylic acids is 1. The number of alkyl halides is 2. The molecule has 24 heavy (non-hydrogen) atoms. The van der Waals surface area contributed by atoms with Crippen LogP contribution in [0.4, 0.5) is 5.69 Å². The number of halogens is 3. The maximum Gasteiger partial charge on any atom is 0.335 e. The molecule has 1 aromatic rings. The average Bonchev–Trinajstić information content (AvgIpc) is 2.54. The molecule has 6 nitrogen and oxygen atoms in total. The molecule has 0 bridgehead atoms. The Kier molecular flexibility index (Phi) is 8.02. The Bertz CT molecular complexity index is 611. The van der Waals surface area contributed by atoms with E-state index in [-0.39, 0.29) is 18.0 Å². The van der Waals surface area contributed by atoms with Crippen molar-refractivity contribution in [2.75, 3.05) is 24.3 Å². The number of carboxylic acid groups (broad SMARTS) is 1. The Morgan fingerprint density at radius 3 is 2.42 bits per heavy atom. The largest absolute Gasteiger partial charge is 0.478 e. The highest BCUT2D eigenvalue weighted by molar-refractivity contribution is 7.80. The van der Waals surface area contributed by atoms with Crippen LogP contribution in [0.2, 0.25) is 0 Å². The fraction of sp³-hybridized carbons (Fsp3) is 0.357. The molecule has 0 aliphatic heterocycles. The molecule has 0 fully saturated rings. The number of amides is 1. The van der Waals surface area contributed by atoms with E-state index in [4.69, 9.17) is 52.3 Å². The van der Waals surface area contributed by atoms with Gasteiger partial charge in [-0.05, 0) is 43.4 Å². The van der Waals surface area contributed by atoms with Crippen LogP contribution >= 0.6 is 47.2 Å². The molecule has 1 rings (SSSR count). The number of carbonyl (C=O) groups excluding carboxylic acids is 1. The van der Waals surface area contributed by atoms with Gasteiger partial charge in [-0.2, -0.15) is 0 Å². The first kappa shape index (κ1) is 20.8. The smallest absolute Gasteiger partial charge is 0.335 e. The lowest BCUT2D eigenvalue weighted by Gasteiger charge is -2.23. The molecule has 0 aliphatic carbocycles. The van der Waals surface area contributed by atoms with E-state index >= 15 is 0 Å². The van der Waals surface area contributed by atoms with Crippen molar-refractivity contribution < 1.29 is 14.7 Å². The van der Waals surface area contributed by atoms with Gasteiger partial charge >= 0.3 is 5.97 Å². The Morgan fingerprint density at radius 2 is 1.92 bits per heavy atom. The highest BCUT2D eigenvalue weighted by atomic mass is 35.5. The number of rotatable bonds is 7. The first-order chi connectivity index (χ1) is 11.2. The predicted octanol–water partition coefficient (Wildman–Crippen LogP) is 2.89. The van der Waals surface area contributed by atoms with Crippen LogP contribution in [0.15, 0.2) is 24.3 Å². The lowest BCUT2D eigenvalue weighted by Crippen LogP contribution is -2.43. The molecule has 0 radical (unpaired) electrons. The number of carboxylic acids is 1. The summed E-state index contributed by atoms with van der Waals surface area (Å²) in [6, 6.07) is 6.10. The molecule has 0 spiro atoms. The van der Waals surface area contributed by atoms with E-state index < -0.39 is 16.8 Å². The minimum atomic E-state index is -1.26. The third-order valence-electron chi connectivity index (χ3n) is 2.90. The number of nitrogens with zero attached hydrogens (tertiary/aromatic N) is 1. The first-order valence-electron chi connectivity index (χ1n) is 6.78. The van der Waals surface area contributed by atoms with Gasteiger partial charge in [-0.25, -0.2) is 4.79 Å². The quantitative estimate of drug-likeness (QED) is 0.363. The zero-order valence-corrected chi connectivity index (χ0v) is 15.8. The molecule has 1 atom stereocenters. The van der Waals surface area contributed by atoms with Crippen molar-refractivity contribution in [1.82, 2.24) is 9.74 Å². The van der Waals surface area contributed by atoms with Crippen LogP contribution in [0.5, 0.6) is 0 Å². The van der Waals surface area contributed by atoms with E-state index in [0.717, 1.165) is 4.42 Å². The second-order valence-electron chi connectivity index (χ2n) is 4.99. The van der Waals surface area contributed by atoms with E-state index in [1.54, 1.807) is 12.1 Å². The summed E-state index contributed by atoms with van der Waals surface area (Å²) in [4.78, 5) is 21.4. The van der Waals surface area contributed by atoms with Crippen molar-refractivity contribution in [3.8, 4) is 0 Å². The third kappa shape index (κ3) is 6.32. The summed E-state index contributed by atoms with van der Waals surface area (Å²) >= 11 is 22.5. The minimum absolute atomic E-state index is 0.0592. The highest BCUT2D eigenvalue weighted by Crippen LogP contribution is 2.20. The number of nitrogens with one attached hydrogen (secondary N) is 2. The molecule has 132 valence electrons. The van der Waals surface area contributed by atoms with Crippen LogP contribution in [0.3, 0.4) is 0 Å². The van der Waals surface area contributed by atoms with Gasteiger partial charge in [0.25, 0.3) is 5.91 Å². The summed E-state index contributed by atoms with van der Waals surface area (Å²) in [7, 11) is 0. The van der Waals surface area contributed by atoms with Gasteiger partial charge in [-0.1, -0.05) is 0 Å². The number of carbonyl (C=O) groups is 2. The fourth-order valence-electron chi connectivity index (χ4n) is 1.55. The van der Waals surface area contributed by atoms with Gasteiger partial charge in [-0.15, -0.1) is 23.2 Å². The molecule has 0 saturated carbocycles. The summed E-state index contributed by atoms with van der Waals surface area (Å²) < 4.78 is 0.951. The van der Waals surface area contributed by atoms with E-state index in [9.17, 15) is 9.59 Å². The monoisotopic (exact) mass is 411 g/mol. The van der Waals surface area contributed by atoms with E-state index in [1.165, 1.54) is 19.1 Å². The zero-order valence-electron chi connectivity index (χ0n) is 12.7. The second kappa shape index (κ2) is 9.27. The van der Waals surface area contributed by atoms with Gasteiger partial charge in [0.15, 0.2) is 5.11 Å². The van der Waals surface area contributed by atoms with Crippen molar-refractivity contribution in [3.05, 3.63) is 29.8 Å². The standard InChI is InChI=1S/C14H16Cl3N3O3S/c1-14(16,8-15)12(23)20(17)7-6-18-13(24)19-10-4-2-9(3-5-10)11(21)22/h2-5H,6-8H2,1H3,(H,21,22)(H2,18,19,24). The Morgan fingerprint density at radius 1 is 1.33 bits per heavy atom. The van der Waals surface area contributed by atoms with Crippen LogP contribution in [-0.2, 0) is 4.79 Å². The van der Waals surface area contributed by atoms with Crippen LogP contribution in [0.25, 0.3) is 0 Å². The summed E-state index contributed by atoms with van der Waals surface area (Å²) in [6.07, 6.45) is 0. The van der Waals surface area contributed by atoms with E-state index in [1.807, 2.05) is 0 Å². The molecule has 0 aliphatic rings. The molecule has 1 aromatic carbocycles. The topological polar surface area (TPSA) is 81.7 Å². The molecule has 0 heterocycles. The van der Waals surface area contributed by atoms with Gasteiger partial charge in [0.1, 0.15) is 4.87 Å². The number of anilines is 1. The summed E-state index contributed by atoms with van der Waals surface area (Å²) in [6.45, 7) is 1.95. The van der Waals surface area contributed by atoms with Crippen molar-refractivity contribution >= 4 is 69.9 Å². The van der Waals surface area contributed by atoms with Crippen molar-refractivity contribution in [2.45, 2.75) is 11.8 Å². The molecular formula is C14H16Cl3N3O3S. The maximum atomic E-state index is 11.9. The van der Waals surface area contributed by atoms with Crippen LogP contribution in [0, 0.1) is 0 Å². The molecule has 1 amide bonds. The number of hydrogen-bond donors (Lipinski definition) is 3. The Labute approximate surface area is 160 Å². The van der Waals surface area contributed by atoms with Crippen molar-refractivity contribution in [2.24, 2.45) is 0 Å². The predicted molar refractivity (Wildman–Crippen MR) is 100 cm³/mol. The van der Waals surface area contributed by atoms with Crippen molar-refractivity contribution in [1.29, 1.82) is 0 Å². The van der Waals surface area contributed by atoms with Gasteiger partial charge in [0.2, 0.25) is 0 Å². The maximum absolute atomic E-state index is 11.9. The zero-order chi connectivity index (χ0) is 18.3. The summed E-state index contributed by atoms with van der Waals surface area (Å²) in [5, 5.41) is 14.9. The Hall–Kier alpha value is -1.28. The van der Waals surface area contributed by atoms with E-state index in [0.29, 0.717) is 17.3 Å². The van der Waals surface area contributed by atoms with Crippen molar-refractivity contribution in [3.63, 3.8) is 0 Å². The lowest BCUT2D eigenvalue weighted by molar-refractivity contribution is -0.128. The molecule has 0 aromatic heterocycles. The van der Waals surface area contributed by atoms with Crippen LogP contribution < -0.4 is 10.6 Å². The Balaban J connectivity index is 2.41. The average molecular weight is 413 g/mol. The minimum Gasteiger partial charge on any atom is -0.478 e. The molecular weight excluding hydrogens is 397 g/mol. The second-order valence-corrected chi connectivity index (χ2v) is 6.90. The summed E-state index contributed by atoms with van der Waals surface area (Å²) in [5.41, 5.74) is 0.811. The van der Waals surface area contributed by atoms with Crippen LogP contribution in [0.1, 0.15) is 17.3 Å². The fourth-order valence-corrected chi connectivity index (χ4v) is 2.30.